The van der Waals surface area contributed by atoms with Gasteiger partial charge in [0.2, 0.25) is 0 Å². The molecule has 0 spiro atoms. The van der Waals surface area contributed by atoms with Crippen molar-refractivity contribution >= 4 is 38.6 Å². The van der Waals surface area contributed by atoms with Crippen molar-refractivity contribution in [3.8, 4) is 23.0 Å². The van der Waals surface area contributed by atoms with Gasteiger partial charge in [-0.15, -0.1) is 0 Å². The molecule has 0 atom stereocenters. The standard InChI is InChI=1S/C23H19ClN4O5S/c1-34(30,31)21-6-5-15(11-16(21)24)33-20-12-19-18(10-14(20)13-28-8-9-32-23(28)29)26-22(27-19)17-4-2-3-7-25-17/h2-7,10-12H,8-9,13H2,1H3,(H,26,27). The lowest BCUT2D eigenvalue weighted by Crippen LogP contribution is -2.23. The van der Waals surface area contributed by atoms with Crippen molar-refractivity contribution in [1.29, 1.82) is 0 Å². The number of benzene rings is 2. The minimum Gasteiger partial charge on any atom is -0.457 e. The van der Waals surface area contributed by atoms with E-state index in [1.54, 1.807) is 17.2 Å². The van der Waals surface area contributed by atoms with Gasteiger partial charge in [0.15, 0.2) is 15.7 Å². The van der Waals surface area contributed by atoms with E-state index in [9.17, 15) is 13.2 Å². The van der Waals surface area contributed by atoms with Crippen LogP contribution in [-0.2, 0) is 21.1 Å². The Morgan fingerprint density at radius 2 is 2.06 bits per heavy atom. The molecule has 5 rings (SSSR count). The normalized spacial score (nSPS) is 13.9. The van der Waals surface area contributed by atoms with Gasteiger partial charge >= 0.3 is 6.09 Å². The highest BCUT2D eigenvalue weighted by atomic mass is 35.5. The largest absolute Gasteiger partial charge is 0.457 e. The predicted octanol–water partition coefficient (Wildman–Crippen LogP) is 4.43. The van der Waals surface area contributed by atoms with Gasteiger partial charge in [-0.1, -0.05) is 17.7 Å². The molecule has 0 unspecified atom stereocenters. The smallest absolute Gasteiger partial charge is 0.410 e. The lowest BCUT2D eigenvalue weighted by Gasteiger charge is -2.17. The zero-order valence-electron chi connectivity index (χ0n) is 18.0. The number of hydrogen-bond donors (Lipinski definition) is 1. The van der Waals surface area contributed by atoms with Crippen LogP contribution in [-0.4, -0.2) is 53.8 Å². The molecule has 2 aromatic carbocycles. The van der Waals surface area contributed by atoms with E-state index in [-0.39, 0.29) is 16.5 Å². The zero-order valence-corrected chi connectivity index (χ0v) is 19.6. The maximum Gasteiger partial charge on any atom is 0.410 e. The van der Waals surface area contributed by atoms with Crippen molar-refractivity contribution in [2.45, 2.75) is 11.4 Å². The van der Waals surface area contributed by atoms with Gasteiger partial charge in [0.25, 0.3) is 0 Å². The Labute approximate surface area is 200 Å². The second-order valence-corrected chi connectivity index (χ2v) is 10.2. The molecular weight excluding hydrogens is 480 g/mol. The van der Waals surface area contributed by atoms with Gasteiger partial charge in [-0.2, -0.15) is 0 Å². The number of rotatable bonds is 6. The molecule has 0 radical (unpaired) electrons. The number of aromatic nitrogens is 3. The number of cyclic esters (lactones) is 1. The molecule has 1 fully saturated rings. The minimum absolute atomic E-state index is 0.0179. The van der Waals surface area contributed by atoms with Crippen molar-refractivity contribution in [1.82, 2.24) is 19.9 Å². The van der Waals surface area contributed by atoms with Crippen LogP contribution in [0.2, 0.25) is 5.02 Å². The van der Waals surface area contributed by atoms with E-state index in [1.807, 2.05) is 24.3 Å². The molecule has 1 amide bonds. The Bertz CT molecular complexity index is 1500. The number of hydrogen-bond acceptors (Lipinski definition) is 7. The van der Waals surface area contributed by atoms with Gasteiger partial charge in [0.05, 0.1) is 34.0 Å². The quantitative estimate of drug-likeness (QED) is 0.418. The third-order valence-corrected chi connectivity index (χ3v) is 6.89. The first kappa shape index (κ1) is 22.2. The summed E-state index contributed by atoms with van der Waals surface area (Å²) in [7, 11) is -3.47. The Morgan fingerprint density at radius 1 is 1.21 bits per heavy atom. The number of imidazole rings is 1. The lowest BCUT2D eigenvalue weighted by atomic mass is 10.1. The summed E-state index contributed by atoms with van der Waals surface area (Å²) in [4.78, 5) is 25.8. The van der Waals surface area contributed by atoms with Crippen molar-refractivity contribution in [3.05, 3.63) is 65.3 Å². The van der Waals surface area contributed by atoms with Crippen LogP contribution >= 0.6 is 11.6 Å². The number of fused-ring (bicyclic) bond motifs is 1. The van der Waals surface area contributed by atoms with Crippen LogP contribution in [0.5, 0.6) is 11.5 Å². The van der Waals surface area contributed by atoms with Crippen LogP contribution < -0.4 is 4.74 Å². The van der Waals surface area contributed by atoms with Crippen LogP contribution in [0.1, 0.15) is 5.56 Å². The molecule has 1 aliphatic heterocycles. The number of ether oxygens (including phenoxy) is 2. The second kappa shape index (κ2) is 8.62. The summed E-state index contributed by atoms with van der Waals surface area (Å²) in [6, 6.07) is 13.5. The number of carbonyl (C=O) groups excluding carboxylic acids is 1. The van der Waals surface area contributed by atoms with Crippen LogP contribution in [0.15, 0.2) is 59.6 Å². The average Bonchev–Trinajstić information content (AvgIpc) is 3.39. The molecule has 2 aromatic heterocycles. The second-order valence-electron chi connectivity index (χ2n) is 7.78. The average molecular weight is 499 g/mol. The highest BCUT2D eigenvalue weighted by Gasteiger charge is 2.24. The number of halogens is 1. The van der Waals surface area contributed by atoms with E-state index in [0.717, 1.165) is 11.8 Å². The molecular formula is C23H19ClN4O5S. The topological polar surface area (TPSA) is 114 Å². The number of sulfone groups is 1. The van der Waals surface area contributed by atoms with Gasteiger partial charge in [-0.05, 0) is 30.3 Å². The van der Waals surface area contributed by atoms with Gasteiger partial charge in [-0.25, -0.2) is 18.2 Å². The fraction of sp³-hybridized carbons (Fsp3) is 0.174. The van der Waals surface area contributed by atoms with Crippen LogP contribution in [0.3, 0.4) is 0 Å². The summed E-state index contributed by atoms with van der Waals surface area (Å²) in [6.45, 7) is 1.05. The van der Waals surface area contributed by atoms with E-state index in [2.05, 4.69) is 15.0 Å². The van der Waals surface area contributed by atoms with Crippen LogP contribution in [0.4, 0.5) is 4.79 Å². The Hall–Kier alpha value is -3.63. The van der Waals surface area contributed by atoms with Crippen molar-refractivity contribution < 1.29 is 22.7 Å². The van der Waals surface area contributed by atoms with E-state index in [1.165, 1.54) is 18.2 Å². The van der Waals surface area contributed by atoms with Crippen LogP contribution in [0.25, 0.3) is 22.6 Å². The highest BCUT2D eigenvalue weighted by Crippen LogP contribution is 2.34. The molecule has 0 bridgehead atoms. The van der Waals surface area contributed by atoms with Gasteiger partial charge in [-0.3, -0.25) is 4.98 Å². The van der Waals surface area contributed by atoms with E-state index in [0.29, 0.717) is 47.2 Å². The maximum absolute atomic E-state index is 12.0. The summed E-state index contributed by atoms with van der Waals surface area (Å²) in [6.07, 6.45) is 2.38. The third-order valence-electron chi connectivity index (χ3n) is 5.31. The number of H-pyrrole nitrogens is 1. The van der Waals surface area contributed by atoms with E-state index in [4.69, 9.17) is 21.1 Å². The number of amides is 1. The molecule has 0 aliphatic carbocycles. The first-order valence-corrected chi connectivity index (χ1v) is 12.6. The zero-order chi connectivity index (χ0) is 23.9. The number of nitrogens with one attached hydrogen (secondary N) is 1. The molecule has 9 nitrogen and oxygen atoms in total. The summed E-state index contributed by atoms with van der Waals surface area (Å²) in [5.74, 6) is 1.40. The summed E-state index contributed by atoms with van der Waals surface area (Å²) in [5, 5.41) is 0.0583. The monoisotopic (exact) mass is 498 g/mol. The Balaban J connectivity index is 1.56. The molecule has 1 N–H and O–H groups in total. The third kappa shape index (κ3) is 4.42. The van der Waals surface area contributed by atoms with E-state index < -0.39 is 15.9 Å². The summed E-state index contributed by atoms with van der Waals surface area (Å²) < 4.78 is 34.9. The number of aromatic amines is 1. The molecule has 174 valence electrons. The molecule has 4 aromatic rings. The molecule has 1 saturated heterocycles. The Morgan fingerprint density at radius 3 is 2.74 bits per heavy atom. The predicted molar refractivity (Wildman–Crippen MR) is 126 cm³/mol. The highest BCUT2D eigenvalue weighted by molar-refractivity contribution is 7.90. The van der Waals surface area contributed by atoms with Gasteiger partial charge < -0.3 is 19.4 Å². The number of carbonyl (C=O) groups is 1. The molecule has 11 heteroatoms. The first-order valence-electron chi connectivity index (χ1n) is 10.3. The van der Waals surface area contributed by atoms with Gasteiger partial charge in [0, 0.05) is 30.1 Å². The molecule has 3 heterocycles. The summed E-state index contributed by atoms with van der Waals surface area (Å²) in [5.41, 5.74) is 2.79. The molecule has 1 aliphatic rings. The summed E-state index contributed by atoms with van der Waals surface area (Å²) >= 11 is 6.19. The fourth-order valence-electron chi connectivity index (χ4n) is 3.67. The minimum atomic E-state index is -3.47. The van der Waals surface area contributed by atoms with Crippen molar-refractivity contribution in [3.63, 3.8) is 0 Å². The van der Waals surface area contributed by atoms with E-state index >= 15 is 0 Å². The fourth-order valence-corrected chi connectivity index (χ4v) is 4.99. The van der Waals surface area contributed by atoms with Gasteiger partial charge in [0.1, 0.15) is 23.8 Å². The number of pyridine rings is 1. The van der Waals surface area contributed by atoms with Crippen molar-refractivity contribution in [2.24, 2.45) is 0 Å². The lowest BCUT2D eigenvalue weighted by molar-refractivity contribution is 0.157. The molecule has 34 heavy (non-hydrogen) atoms. The SMILES string of the molecule is CS(=O)(=O)c1ccc(Oc2cc3nc(-c4ccccn4)[nH]c3cc2CN2CCOC2=O)cc1Cl. The number of nitrogens with zero attached hydrogens (tertiary/aromatic N) is 3. The Kier molecular flexibility index (Phi) is 5.62. The molecule has 0 saturated carbocycles. The maximum atomic E-state index is 12.0. The van der Waals surface area contributed by atoms with Crippen LogP contribution in [0, 0.1) is 0 Å². The van der Waals surface area contributed by atoms with Crippen molar-refractivity contribution in [2.75, 3.05) is 19.4 Å². The first-order chi connectivity index (χ1) is 16.3.